The quantitative estimate of drug-likeness (QED) is 0.570. The molecule has 1 aromatic heterocycles. The van der Waals surface area contributed by atoms with Crippen molar-refractivity contribution in [3.05, 3.63) is 45.7 Å². The Morgan fingerprint density at radius 1 is 1.22 bits per heavy atom. The highest BCUT2D eigenvalue weighted by Crippen LogP contribution is 2.28. The molecule has 1 aromatic carbocycles. The average Bonchev–Trinajstić information content (AvgIpc) is 3.07. The van der Waals surface area contributed by atoms with Gasteiger partial charge in [-0.05, 0) is 53.5 Å². The van der Waals surface area contributed by atoms with Crippen molar-refractivity contribution in [2.24, 2.45) is 0 Å². The van der Waals surface area contributed by atoms with Crippen LogP contribution in [0.4, 0.5) is 5.69 Å². The molecular formula is C17H19BrN2O5S2. The van der Waals surface area contributed by atoms with Crippen LogP contribution in [0.5, 0.6) is 0 Å². The molecule has 0 fully saturated rings. The molecule has 27 heavy (non-hydrogen) atoms. The molecule has 7 nitrogen and oxygen atoms in total. The fraction of sp³-hybridized carbons (Fsp3) is 0.294. The number of esters is 1. The number of sulfonamides is 1. The van der Waals surface area contributed by atoms with Crippen molar-refractivity contribution in [2.75, 3.05) is 11.3 Å². The number of thiophene rings is 1. The number of halogens is 1. The van der Waals surface area contributed by atoms with Gasteiger partial charge in [0.25, 0.3) is 15.9 Å². The molecule has 1 unspecified atom stereocenters. The number of ether oxygens (including phenoxy) is 1. The minimum Gasteiger partial charge on any atom is -0.452 e. The zero-order chi connectivity index (χ0) is 20.0. The second-order valence-corrected chi connectivity index (χ2v) is 10.0. The molecule has 0 aliphatic heterocycles. The summed E-state index contributed by atoms with van der Waals surface area (Å²) in [6.45, 7) is 3.32. The number of para-hydroxylation sites is 1. The van der Waals surface area contributed by atoms with E-state index >= 15 is 0 Å². The molecule has 2 N–H and O–H groups in total. The average molecular weight is 475 g/mol. The van der Waals surface area contributed by atoms with Gasteiger partial charge < -0.3 is 10.1 Å². The van der Waals surface area contributed by atoms with Gasteiger partial charge in [-0.15, -0.1) is 11.3 Å². The van der Waals surface area contributed by atoms with Gasteiger partial charge in [0.05, 0.1) is 15.0 Å². The van der Waals surface area contributed by atoms with Gasteiger partial charge in [0.2, 0.25) is 0 Å². The van der Waals surface area contributed by atoms with Gasteiger partial charge in [0, 0.05) is 6.04 Å². The number of benzene rings is 1. The molecule has 1 heterocycles. The Bertz CT molecular complexity index is 927. The summed E-state index contributed by atoms with van der Waals surface area (Å²) in [7, 11) is -3.85. The Labute approximate surface area is 170 Å². The first-order valence-electron chi connectivity index (χ1n) is 8.06. The van der Waals surface area contributed by atoms with Crippen LogP contribution in [0.2, 0.25) is 0 Å². The third-order valence-corrected chi connectivity index (χ3v) is 7.04. The number of nitrogens with one attached hydrogen (secondary N) is 2. The Balaban J connectivity index is 2.11. The van der Waals surface area contributed by atoms with Crippen molar-refractivity contribution in [2.45, 2.75) is 30.5 Å². The van der Waals surface area contributed by atoms with Crippen molar-refractivity contribution in [3.63, 3.8) is 0 Å². The monoisotopic (exact) mass is 474 g/mol. The largest absolute Gasteiger partial charge is 0.452 e. The summed E-state index contributed by atoms with van der Waals surface area (Å²) in [6.07, 6.45) is 0.753. The summed E-state index contributed by atoms with van der Waals surface area (Å²) in [4.78, 5) is 24.1. The fourth-order valence-corrected chi connectivity index (χ4v) is 5.10. The van der Waals surface area contributed by atoms with Crippen molar-refractivity contribution >= 4 is 54.9 Å². The molecular weight excluding hydrogens is 456 g/mol. The summed E-state index contributed by atoms with van der Waals surface area (Å²) in [6, 6.07) is 9.10. The van der Waals surface area contributed by atoms with E-state index < -0.39 is 28.5 Å². The maximum absolute atomic E-state index is 12.5. The van der Waals surface area contributed by atoms with E-state index in [1.165, 1.54) is 18.2 Å². The van der Waals surface area contributed by atoms with Crippen LogP contribution < -0.4 is 10.0 Å². The Morgan fingerprint density at radius 3 is 2.56 bits per heavy atom. The second kappa shape index (κ2) is 9.34. The lowest BCUT2D eigenvalue weighted by atomic mass is 10.2. The number of hydrogen-bond acceptors (Lipinski definition) is 6. The van der Waals surface area contributed by atoms with Crippen LogP contribution in [0.1, 0.15) is 30.6 Å². The molecule has 0 aliphatic carbocycles. The molecule has 10 heteroatoms. The number of carbonyl (C=O) groups is 2. The topological polar surface area (TPSA) is 102 Å². The first-order chi connectivity index (χ1) is 12.7. The Kier molecular flexibility index (Phi) is 7.40. The standard InChI is InChI=1S/C17H19BrN2O5S2/c1-3-11(2)19-15(21)10-25-17(22)12-6-4-5-7-13(12)20-27(23,24)16-9-8-14(18)26-16/h4-9,11,20H,3,10H2,1-2H3,(H,19,21). The van der Waals surface area contributed by atoms with Crippen molar-refractivity contribution in [3.8, 4) is 0 Å². The zero-order valence-corrected chi connectivity index (χ0v) is 17.9. The van der Waals surface area contributed by atoms with Crippen molar-refractivity contribution in [1.29, 1.82) is 0 Å². The van der Waals surface area contributed by atoms with Crippen LogP contribution in [0.25, 0.3) is 0 Å². The summed E-state index contributed by atoms with van der Waals surface area (Å²) >= 11 is 4.27. The van der Waals surface area contributed by atoms with E-state index in [0.29, 0.717) is 3.79 Å². The summed E-state index contributed by atoms with van der Waals surface area (Å²) < 4.78 is 33.1. The third-order valence-electron chi connectivity index (χ3n) is 3.56. The third kappa shape index (κ3) is 6.05. The lowest BCUT2D eigenvalue weighted by Crippen LogP contribution is -2.35. The first kappa shape index (κ1) is 21.4. The van der Waals surface area contributed by atoms with Gasteiger partial charge in [0.15, 0.2) is 6.61 Å². The summed E-state index contributed by atoms with van der Waals surface area (Å²) in [5.41, 5.74) is 0.0994. The van der Waals surface area contributed by atoms with Crippen LogP contribution in [-0.2, 0) is 19.6 Å². The second-order valence-electron chi connectivity index (χ2n) is 5.66. The van der Waals surface area contributed by atoms with E-state index in [1.54, 1.807) is 18.2 Å². The molecule has 0 aliphatic rings. The van der Waals surface area contributed by atoms with Gasteiger partial charge in [-0.1, -0.05) is 19.1 Å². The molecule has 1 atom stereocenters. The molecule has 0 radical (unpaired) electrons. The maximum Gasteiger partial charge on any atom is 0.340 e. The molecule has 2 aromatic rings. The highest BCUT2D eigenvalue weighted by molar-refractivity contribution is 9.11. The van der Waals surface area contributed by atoms with Crippen molar-refractivity contribution in [1.82, 2.24) is 5.32 Å². The normalized spacial score (nSPS) is 12.3. The van der Waals surface area contributed by atoms with Crippen LogP contribution >= 0.6 is 27.3 Å². The van der Waals surface area contributed by atoms with Gasteiger partial charge in [0.1, 0.15) is 4.21 Å². The van der Waals surface area contributed by atoms with Gasteiger partial charge in [-0.25, -0.2) is 13.2 Å². The molecule has 2 rings (SSSR count). The minimum atomic E-state index is -3.85. The lowest BCUT2D eigenvalue weighted by molar-refractivity contribution is -0.124. The first-order valence-corrected chi connectivity index (χ1v) is 11.2. The predicted molar refractivity (Wildman–Crippen MR) is 107 cm³/mol. The predicted octanol–water partition coefficient (Wildman–Crippen LogP) is 3.38. The van der Waals surface area contributed by atoms with E-state index in [9.17, 15) is 18.0 Å². The molecule has 0 spiro atoms. The molecule has 146 valence electrons. The van der Waals surface area contributed by atoms with Crippen molar-refractivity contribution < 1.29 is 22.7 Å². The number of anilines is 1. The summed E-state index contributed by atoms with van der Waals surface area (Å²) in [5.74, 6) is -1.21. The number of carbonyl (C=O) groups excluding carboxylic acids is 2. The van der Waals surface area contributed by atoms with Crippen LogP contribution in [-0.4, -0.2) is 32.9 Å². The molecule has 0 bridgehead atoms. The van der Waals surface area contributed by atoms with Gasteiger partial charge in [-0.3, -0.25) is 9.52 Å². The highest BCUT2D eigenvalue weighted by Gasteiger charge is 2.21. The Hall–Kier alpha value is -1.91. The SMILES string of the molecule is CCC(C)NC(=O)COC(=O)c1ccccc1NS(=O)(=O)c1ccc(Br)s1. The van der Waals surface area contributed by atoms with Crippen LogP contribution in [0.15, 0.2) is 44.4 Å². The lowest BCUT2D eigenvalue weighted by Gasteiger charge is -2.13. The van der Waals surface area contributed by atoms with Crippen LogP contribution in [0, 0.1) is 0 Å². The minimum absolute atomic E-state index is 0.0213. The molecule has 0 saturated carbocycles. The smallest absolute Gasteiger partial charge is 0.340 e. The fourth-order valence-electron chi connectivity index (χ4n) is 2.01. The van der Waals surface area contributed by atoms with Crippen LogP contribution in [0.3, 0.4) is 0 Å². The van der Waals surface area contributed by atoms with E-state index in [4.69, 9.17) is 4.74 Å². The molecule has 0 saturated heterocycles. The van der Waals surface area contributed by atoms with E-state index in [1.807, 2.05) is 13.8 Å². The van der Waals surface area contributed by atoms with E-state index in [2.05, 4.69) is 26.0 Å². The number of rotatable bonds is 8. The van der Waals surface area contributed by atoms with E-state index in [-0.39, 0.29) is 21.5 Å². The highest BCUT2D eigenvalue weighted by atomic mass is 79.9. The summed E-state index contributed by atoms with van der Waals surface area (Å²) in [5, 5.41) is 2.68. The van der Waals surface area contributed by atoms with Gasteiger partial charge in [-0.2, -0.15) is 0 Å². The molecule has 1 amide bonds. The maximum atomic E-state index is 12.5. The number of hydrogen-bond donors (Lipinski definition) is 2. The van der Waals surface area contributed by atoms with E-state index in [0.717, 1.165) is 17.8 Å². The zero-order valence-electron chi connectivity index (χ0n) is 14.7. The number of amides is 1. The Morgan fingerprint density at radius 2 is 1.93 bits per heavy atom. The van der Waals surface area contributed by atoms with Gasteiger partial charge >= 0.3 is 5.97 Å².